The molecule has 1 heterocycles. The van der Waals surface area contributed by atoms with Gasteiger partial charge < -0.3 is 19.0 Å². The summed E-state index contributed by atoms with van der Waals surface area (Å²) in [7, 11) is -3.39. The van der Waals surface area contributed by atoms with E-state index < -0.39 is 15.8 Å². The molecule has 3 aromatic carbocycles. The van der Waals surface area contributed by atoms with Gasteiger partial charge in [0.25, 0.3) is 0 Å². The Balaban J connectivity index is 1.41. The summed E-state index contributed by atoms with van der Waals surface area (Å²) in [5.74, 6) is 0.688. The minimum atomic E-state index is -3.39. The molecule has 0 saturated carbocycles. The van der Waals surface area contributed by atoms with Gasteiger partial charge in [-0.15, -0.1) is 0 Å². The maximum Gasteiger partial charge on any atom is 0.339 e. The lowest BCUT2D eigenvalue weighted by Crippen LogP contribution is -2.24. The monoisotopic (exact) mass is 539 g/mol. The summed E-state index contributed by atoms with van der Waals surface area (Å²) >= 11 is 3.93. The molecule has 8 nitrogen and oxygen atoms in total. The van der Waals surface area contributed by atoms with Crippen molar-refractivity contribution < 1.29 is 32.2 Å². The van der Waals surface area contributed by atoms with Crippen LogP contribution in [0.1, 0.15) is 16.7 Å². The number of rotatable bonds is 11. The first kappa shape index (κ1) is 26.5. The van der Waals surface area contributed by atoms with Crippen molar-refractivity contribution >= 4 is 46.1 Å². The SMILES string of the molecule is CS(=O)(=O)c1cccc(C2=C(c3ccc(OCOc4ccc(CC(C=O)NS)cc4)cc3)C(=O)OC2)c1. The molecule has 192 valence electrons. The highest BCUT2D eigenvalue weighted by molar-refractivity contribution is 7.90. The summed E-state index contributed by atoms with van der Waals surface area (Å²) < 4.78 is 43.1. The Kier molecular flexibility index (Phi) is 8.32. The maximum atomic E-state index is 12.5. The van der Waals surface area contributed by atoms with Crippen LogP contribution in [0.15, 0.2) is 77.7 Å². The number of sulfone groups is 1. The van der Waals surface area contributed by atoms with Gasteiger partial charge in [0.05, 0.1) is 16.5 Å². The highest BCUT2D eigenvalue weighted by Gasteiger charge is 2.27. The molecule has 1 aliphatic heterocycles. The lowest BCUT2D eigenvalue weighted by molar-refractivity contribution is -0.133. The first-order valence-electron chi connectivity index (χ1n) is 11.3. The van der Waals surface area contributed by atoms with E-state index in [0.29, 0.717) is 40.2 Å². The van der Waals surface area contributed by atoms with E-state index in [1.165, 1.54) is 6.07 Å². The molecule has 0 fully saturated rings. The van der Waals surface area contributed by atoms with Gasteiger partial charge >= 0.3 is 5.97 Å². The number of aldehydes is 1. The number of benzene rings is 3. The molecular formula is C27H25NO7S2. The second-order valence-corrected chi connectivity index (χ2v) is 10.7. The summed E-state index contributed by atoms with van der Waals surface area (Å²) in [6, 6.07) is 20.3. The molecule has 3 aromatic rings. The molecule has 0 saturated heterocycles. The quantitative estimate of drug-likeness (QED) is 0.165. The smallest absolute Gasteiger partial charge is 0.339 e. The number of carbonyl (C=O) groups excluding carboxylic acids is 2. The second-order valence-electron chi connectivity index (χ2n) is 8.38. The van der Waals surface area contributed by atoms with Crippen molar-refractivity contribution in [2.45, 2.75) is 17.4 Å². The van der Waals surface area contributed by atoms with Crippen LogP contribution in [0.2, 0.25) is 0 Å². The van der Waals surface area contributed by atoms with Crippen molar-refractivity contribution in [3.8, 4) is 11.5 Å². The van der Waals surface area contributed by atoms with Crippen molar-refractivity contribution in [1.29, 1.82) is 0 Å². The molecule has 10 heteroatoms. The summed E-state index contributed by atoms with van der Waals surface area (Å²) in [6.45, 7) is 0.0370. The van der Waals surface area contributed by atoms with Gasteiger partial charge in [-0.25, -0.2) is 13.2 Å². The summed E-state index contributed by atoms with van der Waals surface area (Å²) in [6.07, 6.45) is 2.47. The summed E-state index contributed by atoms with van der Waals surface area (Å²) in [5, 5.41) is 0. The van der Waals surface area contributed by atoms with E-state index in [1.807, 2.05) is 12.1 Å². The lowest BCUT2D eigenvalue weighted by atomic mass is 9.97. The molecule has 4 rings (SSSR count). The van der Waals surface area contributed by atoms with Gasteiger partial charge in [0.2, 0.25) is 6.79 Å². The molecule has 37 heavy (non-hydrogen) atoms. The molecule has 1 N–H and O–H groups in total. The van der Waals surface area contributed by atoms with Crippen molar-refractivity contribution in [1.82, 2.24) is 4.72 Å². The predicted octanol–water partition coefficient (Wildman–Crippen LogP) is 3.52. The minimum absolute atomic E-state index is 0.0257. The third-order valence-electron chi connectivity index (χ3n) is 5.77. The minimum Gasteiger partial charge on any atom is -0.458 e. The molecule has 1 atom stereocenters. The Bertz CT molecular complexity index is 1420. The number of ether oxygens (including phenoxy) is 3. The first-order chi connectivity index (χ1) is 17.8. The van der Waals surface area contributed by atoms with Crippen molar-refractivity contribution in [3.05, 3.63) is 89.5 Å². The van der Waals surface area contributed by atoms with Crippen LogP contribution in [0, 0.1) is 0 Å². The van der Waals surface area contributed by atoms with Crippen LogP contribution in [-0.4, -0.2) is 46.4 Å². The Morgan fingerprint density at radius 1 is 1.00 bits per heavy atom. The largest absolute Gasteiger partial charge is 0.458 e. The summed E-state index contributed by atoms with van der Waals surface area (Å²) in [4.78, 5) is 23.6. The molecule has 0 spiro atoms. The Morgan fingerprint density at radius 3 is 2.24 bits per heavy atom. The lowest BCUT2D eigenvalue weighted by Gasteiger charge is -2.11. The average Bonchev–Trinajstić information content (AvgIpc) is 3.29. The number of thiol groups is 1. The third-order valence-corrected chi connectivity index (χ3v) is 7.21. The van der Waals surface area contributed by atoms with Gasteiger partial charge in [0, 0.05) is 11.8 Å². The van der Waals surface area contributed by atoms with Crippen LogP contribution >= 0.6 is 12.8 Å². The van der Waals surface area contributed by atoms with Crippen LogP contribution in [0.3, 0.4) is 0 Å². The molecule has 0 bridgehead atoms. The van der Waals surface area contributed by atoms with E-state index in [4.69, 9.17) is 14.2 Å². The Morgan fingerprint density at radius 2 is 1.65 bits per heavy atom. The van der Waals surface area contributed by atoms with Crippen LogP contribution in [0.4, 0.5) is 0 Å². The molecular weight excluding hydrogens is 514 g/mol. The van der Waals surface area contributed by atoms with Gasteiger partial charge in [-0.05, 0) is 59.5 Å². The Hall–Kier alpha value is -3.60. The number of hydrogen-bond acceptors (Lipinski definition) is 9. The van der Waals surface area contributed by atoms with E-state index in [0.717, 1.165) is 18.1 Å². The maximum absolute atomic E-state index is 12.5. The number of hydrogen-bond donors (Lipinski definition) is 2. The van der Waals surface area contributed by atoms with Crippen LogP contribution in [0.25, 0.3) is 11.1 Å². The number of nitrogens with one attached hydrogen (secondary N) is 1. The van der Waals surface area contributed by atoms with Crippen molar-refractivity contribution in [3.63, 3.8) is 0 Å². The third kappa shape index (κ3) is 6.59. The molecule has 1 unspecified atom stereocenters. The number of esters is 1. The van der Waals surface area contributed by atoms with Crippen LogP contribution < -0.4 is 14.2 Å². The topological polar surface area (TPSA) is 108 Å². The molecule has 0 aliphatic carbocycles. The second kappa shape index (κ2) is 11.6. The standard InChI is InChI=1S/C27H25NO7S2/c1-37(31,32)24-4-2-3-20(14-24)25-16-33-27(30)26(25)19-7-11-23(12-8-19)35-17-34-22-9-5-18(6-10-22)13-21(15-29)28-36/h2-12,14-15,21,28,36H,13,16-17H2,1H3. The molecule has 0 radical (unpaired) electrons. The predicted molar refractivity (Wildman–Crippen MR) is 142 cm³/mol. The fourth-order valence-corrected chi connectivity index (χ4v) is 4.64. The van der Waals surface area contributed by atoms with E-state index in [2.05, 4.69) is 17.5 Å². The van der Waals surface area contributed by atoms with Gasteiger partial charge in [-0.2, -0.15) is 0 Å². The fraction of sp³-hybridized carbons (Fsp3) is 0.185. The molecule has 0 aromatic heterocycles. The van der Waals surface area contributed by atoms with Crippen LogP contribution in [-0.2, 0) is 30.6 Å². The van der Waals surface area contributed by atoms with Gasteiger partial charge in [-0.3, -0.25) is 4.72 Å². The first-order valence-corrected chi connectivity index (χ1v) is 13.6. The zero-order valence-corrected chi connectivity index (χ0v) is 21.6. The van der Waals surface area contributed by atoms with Crippen molar-refractivity contribution in [2.24, 2.45) is 0 Å². The normalized spacial score (nSPS) is 14.3. The zero-order valence-electron chi connectivity index (χ0n) is 19.9. The summed E-state index contributed by atoms with van der Waals surface area (Å²) in [5.41, 5.74) is 3.23. The van der Waals surface area contributed by atoms with E-state index in [-0.39, 0.29) is 24.3 Å². The van der Waals surface area contributed by atoms with E-state index >= 15 is 0 Å². The van der Waals surface area contributed by atoms with Gasteiger partial charge in [0.15, 0.2) is 9.84 Å². The number of cyclic esters (lactones) is 1. The highest BCUT2D eigenvalue weighted by Crippen LogP contribution is 2.34. The highest BCUT2D eigenvalue weighted by atomic mass is 32.2. The van der Waals surface area contributed by atoms with Crippen molar-refractivity contribution in [2.75, 3.05) is 19.7 Å². The average molecular weight is 540 g/mol. The molecule has 1 aliphatic rings. The number of carbonyl (C=O) groups is 2. The van der Waals surface area contributed by atoms with E-state index in [1.54, 1.807) is 54.6 Å². The van der Waals surface area contributed by atoms with Gasteiger partial charge in [0.1, 0.15) is 24.4 Å². The zero-order chi connectivity index (χ0) is 26.4. The van der Waals surface area contributed by atoms with Crippen LogP contribution in [0.5, 0.6) is 11.5 Å². The molecule has 0 amide bonds. The van der Waals surface area contributed by atoms with Gasteiger partial charge in [-0.1, -0.05) is 49.2 Å². The Labute approximate surface area is 220 Å². The van der Waals surface area contributed by atoms with E-state index in [9.17, 15) is 18.0 Å². The fourth-order valence-electron chi connectivity index (χ4n) is 3.82.